The van der Waals surface area contributed by atoms with Gasteiger partial charge in [0.25, 0.3) is 0 Å². The van der Waals surface area contributed by atoms with E-state index in [1.54, 1.807) is 30.3 Å². The smallest absolute Gasteiger partial charge is 0.326 e. The van der Waals surface area contributed by atoms with Gasteiger partial charge in [-0.3, -0.25) is 28.8 Å². The average Bonchev–Trinajstić information content (AvgIpc) is 2.83. The van der Waals surface area contributed by atoms with Crippen LogP contribution in [-0.4, -0.2) is 75.9 Å². The van der Waals surface area contributed by atoms with E-state index >= 15 is 0 Å². The molecule has 4 atom stereocenters. The van der Waals surface area contributed by atoms with Crippen molar-refractivity contribution in [3.63, 3.8) is 0 Å². The Morgan fingerprint density at radius 1 is 0.711 bits per heavy atom. The van der Waals surface area contributed by atoms with Gasteiger partial charge < -0.3 is 43.4 Å². The number of amides is 5. The lowest BCUT2D eigenvalue weighted by molar-refractivity contribution is -0.143. The second-order valence-electron chi connectivity index (χ2n) is 8.43. The highest BCUT2D eigenvalue weighted by Crippen LogP contribution is 2.06. The first-order chi connectivity index (χ1) is 17.8. The maximum Gasteiger partial charge on any atom is 0.326 e. The molecule has 0 radical (unpaired) electrons. The number of aliphatic carboxylic acids is 2. The first kappa shape index (κ1) is 31.5. The Morgan fingerprint density at radius 2 is 1.24 bits per heavy atom. The van der Waals surface area contributed by atoms with Crippen LogP contribution >= 0.6 is 0 Å². The molecule has 0 heterocycles. The van der Waals surface area contributed by atoms with Crippen molar-refractivity contribution in [2.24, 2.45) is 17.2 Å². The van der Waals surface area contributed by atoms with Gasteiger partial charge in [0.1, 0.15) is 18.1 Å². The maximum absolute atomic E-state index is 12.9. The maximum atomic E-state index is 12.9. The van der Waals surface area contributed by atoms with Crippen LogP contribution in [0, 0.1) is 0 Å². The molecule has 0 spiro atoms. The number of nitrogens with two attached hydrogens (primary N) is 3. The summed E-state index contributed by atoms with van der Waals surface area (Å²) in [7, 11) is 0. The molecule has 0 aromatic heterocycles. The molecule has 0 saturated heterocycles. The molecule has 38 heavy (non-hydrogen) atoms. The summed E-state index contributed by atoms with van der Waals surface area (Å²) in [5, 5.41) is 24.9. The minimum Gasteiger partial charge on any atom is -0.481 e. The van der Waals surface area contributed by atoms with Gasteiger partial charge in [0.2, 0.25) is 29.5 Å². The Morgan fingerprint density at radius 3 is 1.76 bits per heavy atom. The van der Waals surface area contributed by atoms with E-state index < -0.39 is 84.9 Å². The molecule has 1 aromatic rings. The number of hydrogen-bond donors (Lipinski definition) is 8. The molecule has 0 bridgehead atoms. The summed E-state index contributed by atoms with van der Waals surface area (Å²) in [4.78, 5) is 83.3. The monoisotopic (exact) mass is 536 g/mol. The SMILES string of the molecule is NC(=O)CCC(NC(=O)C(CCC(=O)O)NC(=O)C(CC(N)=O)NC(=O)C(N)Cc1ccccc1)C(=O)O. The molecule has 5 amide bonds. The number of rotatable bonds is 17. The number of hydrogen-bond acceptors (Lipinski definition) is 8. The van der Waals surface area contributed by atoms with Crippen LogP contribution in [-0.2, 0) is 40.0 Å². The van der Waals surface area contributed by atoms with E-state index in [1.807, 2.05) is 0 Å². The van der Waals surface area contributed by atoms with E-state index in [-0.39, 0.29) is 19.3 Å². The van der Waals surface area contributed by atoms with Crippen LogP contribution in [0.25, 0.3) is 0 Å². The van der Waals surface area contributed by atoms with Crippen molar-refractivity contribution in [2.45, 2.75) is 62.7 Å². The average molecular weight is 537 g/mol. The minimum absolute atomic E-state index is 0.114. The van der Waals surface area contributed by atoms with Gasteiger partial charge in [-0.15, -0.1) is 0 Å². The van der Waals surface area contributed by atoms with Crippen LogP contribution in [0.15, 0.2) is 30.3 Å². The highest BCUT2D eigenvalue weighted by molar-refractivity contribution is 5.96. The van der Waals surface area contributed by atoms with Gasteiger partial charge in [-0.25, -0.2) is 4.79 Å². The fourth-order valence-corrected chi connectivity index (χ4v) is 3.28. The summed E-state index contributed by atoms with van der Waals surface area (Å²) >= 11 is 0. The van der Waals surface area contributed by atoms with Gasteiger partial charge in [0, 0.05) is 12.8 Å². The Kier molecular flexibility index (Phi) is 12.9. The molecule has 1 rings (SSSR count). The molecule has 4 unspecified atom stereocenters. The second-order valence-corrected chi connectivity index (χ2v) is 8.43. The highest BCUT2D eigenvalue weighted by atomic mass is 16.4. The van der Waals surface area contributed by atoms with E-state index in [1.165, 1.54) is 0 Å². The van der Waals surface area contributed by atoms with Crippen LogP contribution in [0.2, 0.25) is 0 Å². The Hall–Kier alpha value is -4.53. The van der Waals surface area contributed by atoms with Gasteiger partial charge in [-0.1, -0.05) is 30.3 Å². The van der Waals surface area contributed by atoms with Gasteiger partial charge >= 0.3 is 11.9 Å². The number of carboxylic acid groups (broad SMARTS) is 2. The lowest BCUT2D eigenvalue weighted by Crippen LogP contribution is -2.58. The zero-order valence-electron chi connectivity index (χ0n) is 20.4. The zero-order valence-corrected chi connectivity index (χ0v) is 20.4. The number of carboxylic acids is 2. The van der Waals surface area contributed by atoms with Crippen molar-refractivity contribution in [3.05, 3.63) is 35.9 Å². The van der Waals surface area contributed by atoms with Crippen molar-refractivity contribution < 1.29 is 43.8 Å². The number of nitrogens with one attached hydrogen (secondary N) is 3. The molecule has 0 aliphatic heterocycles. The highest BCUT2D eigenvalue weighted by Gasteiger charge is 2.31. The van der Waals surface area contributed by atoms with Crippen molar-refractivity contribution >= 4 is 41.5 Å². The van der Waals surface area contributed by atoms with E-state index in [0.717, 1.165) is 5.56 Å². The molecule has 11 N–H and O–H groups in total. The number of carbonyl (C=O) groups excluding carboxylic acids is 5. The fraction of sp³-hybridized carbons (Fsp3) is 0.435. The van der Waals surface area contributed by atoms with E-state index in [4.69, 9.17) is 22.3 Å². The van der Waals surface area contributed by atoms with Crippen molar-refractivity contribution in [3.8, 4) is 0 Å². The summed E-state index contributed by atoms with van der Waals surface area (Å²) in [6.45, 7) is 0. The van der Waals surface area contributed by atoms with Crippen LogP contribution in [0.4, 0.5) is 0 Å². The van der Waals surface area contributed by atoms with E-state index in [0.29, 0.717) is 0 Å². The zero-order chi connectivity index (χ0) is 28.8. The molecule has 208 valence electrons. The van der Waals surface area contributed by atoms with Crippen LogP contribution in [0.3, 0.4) is 0 Å². The number of primary amides is 2. The Bertz CT molecular complexity index is 1030. The summed E-state index contributed by atoms with van der Waals surface area (Å²) < 4.78 is 0. The molecular weight excluding hydrogens is 504 g/mol. The van der Waals surface area contributed by atoms with E-state index in [9.17, 15) is 38.7 Å². The third-order valence-electron chi connectivity index (χ3n) is 5.25. The van der Waals surface area contributed by atoms with Gasteiger partial charge in [-0.2, -0.15) is 0 Å². The quantitative estimate of drug-likeness (QED) is 0.100. The van der Waals surface area contributed by atoms with Gasteiger partial charge in [0.05, 0.1) is 12.5 Å². The topological polar surface area (TPSA) is 274 Å². The van der Waals surface area contributed by atoms with Gasteiger partial charge in [-0.05, 0) is 24.8 Å². The largest absolute Gasteiger partial charge is 0.481 e. The predicted octanol–water partition coefficient (Wildman–Crippen LogP) is -2.90. The molecule has 0 aliphatic rings. The summed E-state index contributed by atoms with van der Waals surface area (Å²) in [5.41, 5.74) is 16.8. The summed E-state index contributed by atoms with van der Waals surface area (Å²) in [5.74, 6) is -7.49. The molecule has 0 saturated carbocycles. The third kappa shape index (κ3) is 11.9. The normalized spacial score (nSPS) is 13.7. The lowest BCUT2D eigenvalue weighted by atomic mass is 10.0. The minimum atomic E-state index is -1.57. The molecule has 15 heteroatoms. The standard InChI is InChI=1S/C23H32N6O9/c24-13(10-12-4-2-1-3-5-12)20(34)29-16(11-18(26)31)22(36)27-14(7-9-19(32)33)21(35)28-15(23(37)38)6-8-17(25)30/h1-5,13-16H,6-11,24H2,(H2,25,30)(H2,26,31)(H,27,36)(H,28,35)(H,29,34)(H,32,33)(H,37,38). The Balaban J connectivity index is 3.00. The second kappa shape index (κ2) is 15.6. The third-order valence-corrected chi connectivity index (χ3v) is 5.25. The van der Waals surface area contributed by atoms with Crippen LogP contribution in [0.5, 0.6) is 0 Å². The molecule has 1 aromatic carbocycles. The number of benzene rings is 1. The Labute approximate surface area is 217 Å². The lowest BCUT2D eigenvalue weighted by Gasteiger charge is -2.24. The van der Waals surface area contributed by atoms with Crippen molar-refractivity contribution in [1.82, 2.24) is 16.0 Å². The van der Waals surface area contributed by atoms with Crippen molar-refractivity contribution in [1.29, 1.82) is 0 Å². The first-order valence-corrected chi connectivity index (χ1v) is 11.5. The summed E-state index contributed by atoms with van der Waals surface area (Å²) in [6.07, 6.45) is -2.32. The summed E-state index contributed by atoms with van der Waals surface area (Å²) in [6, 6.07) is 2.94. The van der Waals surface area contributed by atoms with E-state index in [2.05, 4.69) is 16.0 Å². The molecule has 15 nitrogen and oxygen atoms in total. The molecule has 0 fully saturated rings. The first-order valence-electron chi connectivity index (χ1n) is 11.5. The van der Waals surface area contributed by atoms with Crippen molar-refractivity contribution in [2.75, 3.05) is 0 Å². The molecular formula is C23H32N6O9. The fourth-order valence-electron chi connectivity index (χ4n) is 3.28. The van der Waals surface area contributed by atoms with Crippen LogP contribution in [0.1, 0.15) is 37.7 Å². The molecule has 0 aliphatic carbocycles. The van der Waals surface area contributed by atoms with Crippen LogP contribution < -0.4 is 33.2 Å². The van der Waals surface area contributed by atoms with Gasteiger partial charge in [0.15, 0.2) is 0 Å². The number of carbonyl (C=O) groups is 7. The predicted molar refractivity (Wildman–Crippen MR) is 131 cm³/mol.